The molecule has 0 radical (unpaired) electrons. The molecule has 0 bridgehead atoms. The number of nitrogens with one attached hydrogen (secondary N) is 1. The van der Waals surface area contributed by atoms with Crippen molar-refractivity contribution in [2.75, 3.05) is 18.6 Å². The van der Waals surface area contributed by atoms with Gasteiger partial charge in [0.2, 0.25) is 5.91 Å². The summed E-state index contributed by atoms with van der Waals surface area (Å²) >= 11 is 1.61. The van der Waals surface area contributed by atoms with Crippen LogP contribution in [0.5, 0.6) is 0 Å². The molecule has 0 aromatic carbocycles. The van der Waals surface area contributed by atoms with Crippen LogP contribution in [-0.2, 0) is 9.59 Å². The third-order valence-electron chi connectivity index (χ3n) is 0.916. The Hall–Kier alpha value is -0.510. The molecule has 1 amide bonds. The molecule has 0 aromatic rings. The van der Waals surface area contributed by atoms with E-state index in [4.69, 9.17) is 0 Å². The lowest BCUT2D eigenvalue weighted by atomic mass is 10.4. The number of amides is 1. The van der Waals surface area contributed by atoms with Crippen LogP contribution >= 0.6 is 11.8 Å². The van der Waals surface area contributed by atoms with Crippen molar-refractivity contribution in [3.63, 3.8) is 0 Å². The highest BCUT2D eigenvalue weighted by atomic mass is 32.2. The smallest absolute Gasteiger partial charge is 0.221 e. The van der Waals surface area contributed by atoms with Crippen LogP contribution in [0.2, 0.25) is 0 Å². The average molecular weight is 161 g/mol. The zero-order valence-corrected chi connectivity index (χ0v) is 6.74. The Bertz CT molecular complexity index is 116. The average Bonchev–Trinajstić information content (AvgIpc) is 1.97. The highest BCUT2D eigenvalue weighted by molar-refractivity contribution is 7.98. The molecule has 0 aliphatic heterocycles. The standard InChI is InChI=1S/C6H11NO2S/c1-10-5-2-6(9)7-3-4-8/h4H,2-3,5H2,1H3,(H,7,9). The van der Waals surface area contributed by atoms with Gasteiger partial charge in [0, 0.05) is 12.2 Å². The Labute approximate surface area is 64.6 Å². The molecule has 58 valence electrons. The summed E-state index contributed by atoms with van der Waals surface area (Å²) in [6.07, 6.45) is 3.11. The highest BCUT2D eigenvalue weighted by Crippen LogP contribution is 1.93. The third kappa shape index (κ3) is 5.62. The van der Waals surface area contributed by atoms with E-state index < -0.39 is 0 Å². The van der Waals surface area contributed by atoms with Crippen molar-refractivity contribution < 1.29 is 9.59 Å². The van der Waals surface area contributed by atoms with Crippen LogP contribution in [0.25, 0.3) is 0 Å². The van der Waals surface area contributed by atoms with Crippen molar-refractivity contribution in [2.24, 2.45) is 0 Å². The van der Waals surface area contributed by atoms with Gasteiger partial charge in [0.25, 0.3) is 0 Å². The van der Waals surface area contributed by atoms with Crippen LogP contribution < -0.4 is 5.32 Å². The molecular formula is C6H11NO2S. The van der Waals surface area contributed by atoms with Gasteiger partial charge in [-0.15, -0.1) is 0 Å². The second-order valence-corrected chi connectivity index (χ2v) is 2.70. The monoisotopic (exact) mass is 161 g/mol. The molecule has 0 aliphatic rings. The molecule has 3 nitrogen and oxygen atoms in total. The lowest BCUT2D eigenvalue weighted by molar-refractivity contribution is -0.122. The lowest BCUT2D eigenvalue weighted by Crippen LogP contribution is -2.25. The van der Waals surface area contributed by atoms with E-state index in [2.05, 4.69) is 5.32 Å². The van der Waals surface area contributed by atoms with Gasteiger partial charge in [0.15, 0.2) is 0 Å². The Morgan fingerprint density at radius 3 is 2.90 bits per heavy atom. The molecule has 4 heteroatoms. The van der Waals surface area contributed by atoms with Crippen LogP contribution in [-0.4, -0.2) is 30.7 Å². The largest absolute Gasteiger partial charge is 0.349 e. The van der Waals surface area contributed by atoms with E-state index in [0.29, 0.717) is 12.7 Å². The Balaban J connectivity index is 3.16. The summed E-state index contributed by atoms with van der Waals surface area (Å²) in [5, 5.41) is 2.45. The van der Waals surface area contributed by atoms with E-state index in [1.54, 1.807) is 11.8 Å². The number of hydrogen-bond acceptors (Lipinski definition) is 3. The first-order valence-electron chi connectivity index (χ1n) is 3.00. The van der Waals surface area contributed by atoms with Gasteiger partial charge in [-0.1, -0.05) is 0 Å². The fraction of sp³-hybridized carbons (Fsp3) is 0.667. The number of aldehydes is 1. The normalized spacial score (nSPS) is 8.90. The van der Waals surface area contributed by atoms with Crippen LogP contribution in [0.4, 0.5) is 0 Å². The molecule has 0 saturated heterocycles. The Kier molecular flexibility index (Phi) is 6.27. The van der Waals surface area contributed by atoms with Crippen LogP contribution in [0.3, 0.4) is 0 Å². The van der Waals surface area contributed by atoms with E-state index in [1.807, 2.05) is 6.26 Å². The lowest BCUT2D eigenvalue weighted by Gasteiger charge is -1.97. The number of carbonyl (C=O) groups is 2. The Morgan fingerprint density at radius 1 is 1.70 bits per heavy atom. The van der Waals surface area contributed by atoms with E-state index >= 15 is 0 Å². The highest BCUT2D eigenvalue weighted by Gasteiger charge is 1.96. The molecular weight excluding hydrogens is 150 g/mol. The topological polar surface area (TPSA) is 46.2 Å². The maximum atomic E-state index is 10.7. The molecule has 10 heavy (non-hydrogen) atoms. The zero-order chi connectivity index (χ0) is 7.82. The van der Waals surface area contributed by atoms with Crippen LogP contribution in [0, 0.1) is 0 Å². The van der Waals surface area contributed by atoms with Crippen molar-refractivity contribution in [1.29, 1.82) is 0 Å². The van der Waals surface area contributed by atoms with Gasteiger partial charge in [0.1, 0.15) is 6.29 Å². The predicted octanol–water partition coefficient (Wildman–Crippen LogP) is 0.0546. The van der Waals surface area contributed by atoms with Gasteiger partial charge in [0.05, 0.1) is 6.54 Å². The summed E-state index contributed by atoms with van der Waals surface area (Å²) < 4.78 is 0. The molecule has 0 heterocycles. The Morgan fingerprint density at radius 2 is 2.40 bits per heavy atom. The summed E-state index contributed by atoms with van der Waals surface area (Å²) in [4.78, 5) is 20.4. The van der Waals surface area contributed by atoms with Gasteiger partial charge in [-0.3, -0.25) is 4.79 Å². The minimum absolute atomic E-state index is 0.0542. The van der Waals surface area contributed by atoms with Crippen molar-refractivity contribution in [3.05, 3.63) is 0 Å². The van der Waals surface area contributed by atoms with Crippen LogP contribution in [0.1, 0.15) is 6.42 Å². The number of hydrogen-bond donors (Lipinski definition) is 1. The van der Waals surface area contributed by atoms with Crippen molar-refractivity contribution >= 4 is 24.0 Å². The molecule has 0 rings (SSSR count). The minimum atomic E-state index is -0.0542. The minimum Gasteiger partial charge on any atom is -0.349 e. The predicted molar refractivity (Wildman–Crippen MR) is 42.1 cm³/mol. The number of thioether (sulfide) groups is 1. The molecule has 0 fully saturated rings. The first-order valence-corrected chi connectivity index (χ1v) is 4.40. The maximum absolute atomic E-state index is 10.7. The maximum Gasteiger partial charge on any atom is 0.221 e. The molecule has 0 unspecified atom stereocenters. The first-order chi connectivity index (χ1) is 4.81. The molecule has 0 aliphatic carbocycles. The molecule has 0 saturated carbocycles. The molecule has 0 atom stereocenters. The van der Waals surface area contributed by atoms with Crippen molar-refractivity contribution in [1.82, 2.24) is 5.32 Å². The van der Waals surface area contributed by atoms with Crippen molar-refractivity contribution in [3.8, 4) is 0 Å². The number of carbonyl (C=O) groups excluding carboxylic acids is 2. The molecule has 0 aromatic heterocycles. The van der Waals surface area contributed by atoms with E-state index in [0.717, 1.165) is 5.75 Å². The van der Waals surface area contributed by atoms with Crippen molar-refractivity contribution in [2.45, 2.75) is 6.42 Å². The van der Waals surface area contributed by atoms with Gasteiger partial charge in [-0.2, -0.15) is 11.8 Å². The summed E-state index contributed by atoms with van der Waals surface area (Å²) in [6.45, 7) is 0.132. The van der Waals surface area contributed by atoms with Gasteiger partial charge in [-0.25, -0.2) is 0 Å². The summed E-state index contributed by atoms with van der Waals surface area (Å²) in [5.41, 5.74) is 0. The first kappa shape index (κ1) is 9.49. The SMILES string of the molecule is CSCCC(=O)NCC=O. The second kappa shape index (κ2) is 6.61. The molecule has 0 spiro atoms. The quantitative estimate of drug-likeness (QED) is 0.580. The number of rotatable bonds is 5. The summed E-state index contributed by atoms with van der Waals surface area (Å²) in [5.74, 6) is 0.756. The summed E-state index contributed by atoms with van der Waals surface area (Å²) in [6, 6.07) is 0. The van der Waals surface area contributed by atoms with Gasteiger partial charge < -0.3 is 10.1 Å². The van der Waals surface area contributed by atoms with Crippen LogP contribution in [0.15, 0.2) is 0 Å². The van der Waals surface area contributed by atoms with E-state index in [-0.39, 0.29) is 12.5 Å². The fourth-order valence-electron chi connectivity index (χ4n) is 0.439. The van der Waals surface area contributed by atoms with Gasteiger partial charge in [-0.05, 0) is 6.26 Å². The third-order valence-corrected chi connectivity index (χ3v) is 1.53. The fourth-order valence-corrected chi connectivity index (χ4v) is 0.828. The molecule has 1 N–H and O–H groups in total. The zero-order valence-electron chi connectivity index (χ0n) is 5.92. The van der Waals surface area contributed by atoms with Gasteiger partial charge >= 0.3 is 0 Å². The summed E-state index contributed by atoms with van der Waals surface area (Å²) in [7, 11) is 0. The second-order valence-electron chi connectivity index (χ2n) is 1.71. The van der Waals surface area contributed by atoms with E-state index in [9.17, 15) is 9.59 Å². The van der Waals surface area contributed by atoms with E-state index in [1.165, 1.54) is 0 Å².